The molecule has 0 aliphatic heterocycles. The molecule has 0 heterocycles. The van der Waals surface area contributed by atoms with Crippen molar-refractivity contribution in [1.82, 2.24) is 10.0 Å². The summed E-state index contributed by atoms with van der Waals surface area (Å²) in [4.78, 5) is 13.2. The Morgan fingerprint density at radius 2 is 1.28 bits per heavy atom. The first-order valence-corrected chi connectivity index (χ1v) is 12.1. The third-order valence-electron chi connectivity index (χ3n) is 5.27. The molecule has 0 unspecified atom stereocenters. The van der Waals surface area contributed by atoms with E-state index in [2.05, 4.69) is 30.8 Å². The molecule has 5 nitrogen and oxygen atoms in total. The summed E-state index contributed by atoms with van der Waals surface area (Å²) < 4.78 is 27.7. The van der Waals surface area contributed by atoms with Gasteiger partial charge in [-0.15, -0.1) is 0 Å². The maximum absolute atomic E-state index is 13.0. The molecule has 0 saturated heterocycles. The number of nitrogens with one attached hydrogen (secondary N) is 2. The lowest BCUT2D eigenvalue weighted by Crippen LogP contribution is -2.37. The van der Waals surface area contributed by atoms with E-state index in [1.807, 2.05) is 72.8 Å². The number of sulfonamides is 1. The summed E-state index contributed by atoms with van der Waals surface area (Å²) in [6, 6.07) is 26.0. The van der Waals surface area contributed by atoms with Crippen molar-refractivity contribution in [3.63, 3.8) is 0 Å². The topological polar surface area (TPSA) is 75.3 Å². The van der Waals surface area contributed by atoms with Gasteiger partial charge in [-0.25, -0.2) is 13.1 Å². The number of hydrogen-bond donors (Lipinski definition) is 2. The van der Waals surface area contributed by atoms with Crippen LogP contribution in [0.5, 0.6) is 0 Å². The first kappa shape index (κ1) is 23.7. The minimum Gasteiger partial charge on any atom is -0.354 e. The average Bonchev–Trinajstić information content (AvgIpc) is 2.78. The molecule has 3 aromatic rings. The number of carbonyl (C=O) groups excluding carboxylic acids is 1. The second-order valence-electron chi connectivity index (χ2n) is 8.72. The molecule has 0 radical (unpaired) electrons. The molecule has 0 aliphatic rings. The summed E-state index contributed by atoms with van der Waals surface area (Å²) in [5, 5.41) is 2.87. The lowest BCUT2D eigenvalue weighted by Gasteiger charge is -2.19. The third kappa shape index (κ3) is 6.05. The molecular weight excluding hydrogens is 420 g/mol. The second-order valence-corrected chi connectivity index (χ2v) is 10.5. The van der Waals surface area contributed by atoms with Gasteiger partial charge in [-0.3, -0.25) is 4.79 Å². The monoisotopic (exact) mass is 450 g/mol. The summed E-state index contributed by atoms with van der Waals surface area (Å²) in [6.07, 6.45) is 0. The van der Waals surface area contributed by atoms with Crippen LogP contribution in [0, 0.1) is 0 Å². The van der Waals surface area contributed by atoms with Crippen molar-refractivity contribution in [1.29, 1.82) is 0 Å². The standard InChI is InChI=1S/C26H30N2O3S/c1-26(2,3)22-14-16-23(17-15-22)32(30,31)28-19-18-27-25(29)24(20-10-6-4-7-11-20)21-12-8-5-9-13-21/h4-17,24,28H,18-19H2,1-3H3,(H,27,29). The summed E-state index contributed by atoms with van der Waals surface area (Å²) in [6.45, 7) is 6.53. The quantitative estimate of drug-likeness (QED) is 0.505. The van der Waals surface area contributed by atoms with Crippen LogP contribution < -0.4 is 10.0 Å². The smallest absolute Gasteiger partial charge is 0.240 e. The van der Waals surface area contributed by atoms with Crippen molar-refractivity contribution < 1.29 is 13.2 Å². The minimum atomic E-state index is -3.65. The van der Waals surface area contributed by atoms with E-state index in [1.165, 1.54) is 0 Å². The van der Waals surface area contributed by atoms with Crippen LogP contribution in [0.3, 0.4) is 0 Å². The minimum absolute atomic E-state index is 0.0476. The number of carbonyl (C=O) groups is 1. The van der Waals surface area contributed by atoms with Crippen molar-refractivity contribution in [2.75, 3.05) is 13.1 Å². The first-order chi connectivity index (χ1) is 15.2. The summed E-state index contributed by atoms with van der Waals surface area (Å²) in [5.41, 5.74) is 2.79. The van der Waals surface area contributed by atoms with Gasteiger partial charge in [0.2, 0.25) is 15.9 Å². The molecule has 0 aromatic heterocycles. The molecule has 0 atom stereocenters. The van der Waals surface area contributed by atoms with Gasteiger partial charge in [0.05, 0.1) is 10.8 Å². The largest absolute Gasteiger partial charge is 0.354 e. The molecule has 0 aliphatic carbocycles. The highest BCUT2D eigenvalue weighted by atomic mass is 32.2. The normalized spacial score (nSPS) is 12.0. The van der Waals surface area contributed by atoms with E-state index < -0.39 is 15.9 Å². The van der Waals surface area contributed by atoms with Gasteiger partial charge in [0.25, 0.3) is 0 Å². The van der Waals surface area contributed by atoms with Gasteiger partial charge in [-0.05, 0) is 34.2 Å². The van der Waals surface area contributed by atoms with Crippen molar-refractivity contribution in [2.24, 2.45) is 0 Å². The van der Waals surface area contributed by atoms with Gasteiger partial charge < -0.3 is 5.32 Å². The fraction of sp³-hybridized carbons (Fsp3) is 0.269. The third-order valence-corrected chi connectivity index (χ3v) is 6.75. The Morgan fingerprint density at radius 1 is 0.781 bits per heavy atom. The molecule has 32 heavy (non-hydrogen) atoms. The average molecular weight is 451 g/mol. The predicted molar refractivity (Wildman–Crippen MR) is 128 cm³/mol. The number of hydrogen-bond acceptors (Lipinski definition) is 3. The lowest BCUT2D eigenvalue weighted by atomic mass is 9.87. The van der Waals surface area contributed by atoms with Crippen molar-refractivity contribution in [2.45, 2.75) is 37.0 Å². The van der Waals surface area contributed by atoms with Crippen molar-refractivity contribution in [3.05, 3.63) is 102 Å². The molecule has 0 spiro atoms. The number of amides is 1. The Hall–Kier alpha value is -2.96. The maximum atomic E-state index is 13.0. The molecule has 1 amide bonds. The first-order valence-electron chi connectivity index (χ1n) is 10.7. The number of benzene rings is 3. The Morgan fingerprint density at radius 3 is 1.75 bits per heavy atom. The highest BCUT2D eigenvalue weighted by Gasteiger charge is 2.22. The van der Waals surface area contributed by atoms with Gasteiger partial charge in [-0.2, -0.15) is 0 Å². The Balaban J connectivity index is 1.62. The molecule has 0 saturated carbocycles. The number of rotatable bonds is 8. The van der Waals surface area contributed by atoms with E-state index in [0.29, 0.717) is 0 Å². The fourth-order valence-corrected chi connectivity index (χ4v) is 4.51. The van der Waals surface area contributed by atoms with Gasteiger partial charge in [0.15, 0.2) is 0 Å². The van der Waals surface area contributed by atoms with Crippen LogP contribution in [0.2, 0.25) is 0 Å². The molecular formula is C26H30N2O3S. The maximum Gasteiger partial charge on any atom is 0.240 e. The van der Waals surface area contributed by atoms with Crippen LogP contribution in [0.15, 0.2) is 89.8 Å². The van der Waals surface area contributed by atoms with Crippen LogP contribution in [-0.4, -0.2) is 27.4 Å². The van der Waals surface area contributed by atoms with Gasteiger partial charge in [0, 0.05) is 13.1 Å². The van der Waals surface area contributed by atoms with Crippen molar-refractivity contribution >= 4 is 15.9 Å². The predicted octanol–water partition coefficient (Wildman–Crippen LogP) is 4.21. The Bertz CT molecular complexity index is 1080. The van der Waals surface area contributed by atoms with Gasteiger partial charge >= 0.3 is 0 Å². The van der Waals surface area contributed by atoms with Crippen molar-refractivity contribution in [3.8, 4) is 0 Å². The van der Waals surface area contributed by atoms with E-state index >= 15 is 0 Å². The van der Waals surface area contributed by atoms with Crippen LogP contribution in [0.4, 0.5) is 0 Å². The molecule has 2 N–H and O–H groups in total. The van der Waals surface area contributed by atoms with E-state index in [4.69, 9.17) is 0 Å². The second kappa shape index (κ2) is 10.1. The molecule has 3 aromatic carbocycles. The van der Waals surface area contributed by atoms with E-state index in [9.17, 15) is 13.2 Å². The highest BCUT2D eigenvalue weighted by Crippen LogP contribution is 2.25. The fourth-order valence-electron chi connectivity index (χ4n) is 3.48. The summed E-state index contributed by atoms with van der Waals surface area (Å²) >= 11 is 0. The Labute approximate surface area is 190 Å². The van der Waals surface area contributed by atoms with Crippen LogP contribution in [0.1, 0.15) is 43.4 Å². The summed E-state index contributed by atoms with van der Waals surface area (Å²) in [7, 11) is -3.65. The van der Waals surface area contributed by atoms with Crippen LogP contribution >= 0.6 is 0 Å². The van der Waals surface area contributed by atoms with Gasteiger partial charge in [0.1, 0.15) is 0 Å². The van der Waals surface area contributed by atoms with Crippen LogP contribution in [0.25, 0.3) is 0 Å². The highest BCUT2D eigenvalue weighted by molar-refractivity contribution is 7.89. The molecule has 168 valence electrons. The summed E-state index contributed by atoms with van der Waals surface area (Å²) in [5.74, 6) is -0.630. The van der Waals surface area contributed by atoms with Gasteiger partial charge in [-0.1, -0.05) is 93.6 Å². The SMILES string of the molecule is CC(C)(C)c1ccc(S(=O)(=O)NCCNC(=O)C(c2ccccc2)c2ccccc2)cc1. The van der Waals surface area contributed by atoms with E-state index in [1.54, 1.807) is 12.1 Å². The zero-order valence-corrected chi connectivity index (χ0v) is 19.5. The molecule has 0 fully saturated rings. The Kier molecular flexibility index (Phi) is 7.48. The molecule has 0 bridgehead atoms. The molecule has 6 heteroatoms. The van der Waals surface area contributed by atoms with Crippen LogP contribution in [-0.2, 0) is 20.2 Å². The van der Waals surface area contributed by atoms with E-state index in [-0.39, 0.29) is 29.3 Å². The lowest BCUT2D eigenvalue weighted by molar-refractivity contribution is -0.121. The van der Waals surface area contributed by atoms with E-state index in [0.717, 1.165) is 16.7 Å². The zero-order valence-electron chi connectivity index (χ0n) is 18.7. The molecule has 3 rings (SSSR count). The zero-order chi connectivity index (χ0) is 23.2.